The maximum atomic E-state index is 6.00. The number of halogens is 1. The van der Waals surface area contributed by atoms with Gasteiger partial charge in [0.05, 0.1) is 17.6 Å². The van der Waals surface area contributed by atoms with Crippen molar-refractivity contribution in [2.75, 3.05) is 5.73 Å². The van der Waals surface area contributed by atoms with Gasteiger partial charge in [0, 0.05) is 14.7 Å². The first kappa shape index (κ1) is 11.7. The molecular weight excluding hydrogens is 310 g/mol. The first-order valence-corrected chi connectivity index (χ1v) is 7.26. The smallest absolute Gasteiger partial charge is 0.201 e. The number of nitrogen functional groups attached to an aromatic ring is 1. The topological polar surface area (TPSA) is 43.8 Å². The van der Waals surface area contributed by atoms with Gasteiger partial charge in [0.2, 0.25) is 5.95 Å². The molecule has 0 atom stereocenters. The number of anilines is 1. The van der Waals surface area contributed by atoms with E-state index in [2.05, 4.69) is 57.5 Å². The van der Waals surface area contributed by atoms with Crippen LogP contribution in [-0.4, -0.2) is 9.55 Å². The molecule has 3 nitrogen and oxygen atoms in total. The summed E-state index contributed by atoms with van der Waals surface area (Å²) in [4.78, 5) is 5.67. The second-order valence-electron chi connectivity index (χ2n) is 4.28. The molecule has 0 unspecified atom stereocenters. The molecule has 0 aliphatic carbocycles. The molecule has 0 bridgehead atoms. The number of benzene rings is 1. The fraction of sp³-hybridized carbons (Fsp3) is 0.154. The molecule has 0 saturated carbocycles. The minimum Gasteiger partial charge on any atom is -0.369 e. The van der Waals surface area contributed by atoms with Crippen molar-refractivity contribution >= 4 is 44.2 Å². The van der Waals surface area contributed by atoms with E-state index in [1.807, 2.05) is 4.57 Å². The maximum Gasteiger partial charge on any atom is 0.201 e. The van der Waals surface area contributed by atoms with E-state index in [0.29, 0.717) is 5.95 Å². The second kappa shape index (κ2) is 4.40. The molecule has 3 aromatic rings. The second-order valence-corrected chi connectivity index (χ2v) is 6.19. The molecule has 0 amide bonds. The van der Waals surface area contributed by atoms with Gasteiger partial charge in [0.15, 0.2) is 0 Å². The summed E-state index contributed by atoms with van der Waals surface area (Å²) >= 11 is 5.19. The van der Waals surface area contributed by atoms with Crippen LogP contribution in [-0.2, 0) is 6.54 Å². The van der Waals surface area contributed by atoms with Crippen molar-refractivity contribution in [3.63, 3.8) is 0 Å². The Morgan fingerprint density at radius 2 is 2.22 bits per heavy atom. The summed E-state index contributed by atoms with van der Waals surface area (Å²) < 4.78 is 3.16. The highest BCUT2D eigenvalue weighted by molar-refractivity contribution is 9.10. The van der Waals surface area contributed by atoms with Gasteiger partial charge in [0.25, 0.3) is 0 Å². The first-order chi connectivity index (χ1) is 8.63. The van der Waals surface area contributed by atoms with Crippen molar-refractivity contribution in [3.8, 4) is 0 Å². The van der Waals surface area contributed by atoms with Gasteiger partial charge in [0.1, 0.15) is 0 Å². The number of nitrogens with two attached hydrogens (primary N) is 1. The summed E-state index contributed by atoms with van der Waals surface area (Å²) in [5.74, 6) is 0.570. The Morgan fingerprint density at radius 1 is 1.39 bits per heavy atom. The van der Waals surface area contributed by atoms with Crippen LogP contribution >= 0.6 is 27.3 Å². The summed E-state index contributed by atoms with van der Waals surface area (Å²) in [7, 11) is 0. The van der Waals surface area contributed by atoms with Crippen molar-refractivity contribution in [2.24, 2.45) is 0 Å². The number of rotatable bonds is 2. The van der Waals surface area contributed by atoms with Crippen LogP contribution in [0.25, 0.3) is 11.0 Å². The Labute approximate surface area is 117 Å². The number of hydrogen-bond donors (Lipinski definition) is 1. The lowest BCUT2D eigenvalue weighted by Crippen LogP contribution is -2.03. The maximum absolute atomic E-state index is 6.00. The van der Waals surface area contributed by atoms with Crippen molar-refractivity contribution in [3.05, 3.63) is 44.6 Å². The van der Waals surface area contributed by atoms with Crippen molar-refractivity contribution in [2.45, 2.75) is 13.5 Å². The number of imidazole rings is 1. The predicted octanol–water partition coefficient (Wildman–Crippen LogP) is 3.80. The molecule has 0 aliphatic heterocycles. The number of fused-ring (bicyclic) bond motifs is 1. The lowest BCUT2D eigenvalue weighted by Gasteiger charge is -2.04. The third-order valence-electron chi connectivity index (χ3n) is 2.87. The van der Waals surface area contributed by atoms with Crippen molar-refractivity contribution in [1.82, 2.24) is 9.55 Å². The van der Waals surface area contributed by atoms with Gasteiger partial charge < -0.3 is 10.3 Å². The van der Waals surface area contributed by atoms with Crippen molar-refractivity contribution in [1.29, 1.82) is 0 Å². The lowest BCUT2D eigenvalue weighted by atomic mass is 10.2. The van der Waals surface area contributed by atoms with E-state index >= 15 is 0 Å². The van der Waals surface area contributed by atoms with Gasteiger partial charge in [-0.05, 0) is 46.6 Å². The number of aromatic nitrogens is 2. The van der Waals surface area contributed by atoms with Gasteiger partial charge in [-0.25, -0.2) is 4.98 Å². The minimum absolute atomic E-state index is 0.570. The zero-order chi connectivity index (χ0) is 12.7. The Morgan fingerprint density at radius 3 is 2.94 bits per heavy atom. The molecule has 2 heterocycles. The highest BCUT2D eigenvalue weighted by atomic mass is 79.9. The number of thiophene rings is 1. The van der Waals surface area contributed by atoms with Gasteiger partial charge in [-0.15, -0.1) is 11.3 Å². The quantitative estimate of drug-likeness (QED) is 0.780. The Balaban J connectivity index is 2.08. The van der Waals surface area contributed by atoms with Crippen LogP contribution in [0, 0.1) is 6.92 Å². The van der Waals surface area contributed by atoms with Gasteiger partial charge in [-0.3, -0.25) is 0 Å². The van der Waals surface area contributed by atoms with E-state index in [1.165, 1.54) is 10.4 Å². The van der Waals surface area contributed by atoms with E-state index in [-0.39, 0.29) is 0 Å². The average Bonchev–Trinajstić information content (AvgIpc) is 2.84. The van der Waals surface area contributed by atoms with Crippen LogP contribution in [0.1, 0.15) is 10.4 Å². The van der Waals surface area contributed by atoms with E-state index in [4.69, 9.17) is 5.73 Å². The molecule has 92 valence electrons. The summed E-state index contributed by atoms with van der Waals surface area (Å²) in [6.07, 6.45) is 0. The molecule has 0 aliphatic rings. The van der Waals surface area contributed by atoms with Crippen LogP contribution in [0.2, 0.25) is 0 Å². The number of aryl methyl sites for hydroxylation is 1. The molecule has 2 aromatic heterocycles. The third kappa shape index (κ3) is 2.04. The molecule has 2 N–H and O–H groups in total. The van der Waals surface area contributed by atoms with Crippen LogP contribution in [0.15, 0.2) is 34.1 Å². The average molecular weight is 322 g/mol. The summed E-state index contributed by atoms with van der Waals surface area (Å²) in [5, 5.41) is 2.08. The number of hydrogen-bond acceptors (Lipinski definition) is 3. The Hall–Kier alpha value is -1.33. The van der Waals surface area contributed by atoms with Crippen LogP contribution in [0.4, 0.5) is 5.95 Å². The van der Waals surface area contributed by atoms with Gasteiger partial charge in [-0.2, -0.15) is 0 Å². The monoisotopic (exact) mass is 321 g/mol. The van der Waals surface area contributed by atoms with Crippen LogP contribution in [0.5, 0.6) is 0 Å². The van der Waals surface area contributed by atoms with Crippen molar-refractivity contribution < 1.29 is 0 Å². The molecule has 5 heteroatoms. The number of nitrogens with zero attached hydrogens (tertiary/aromatic N) is 2. The highest BCUT2D eigenvalue weighted by Gasteiger charge is 2.09. The standard InChI is InChI=1S/C13H12BrN3S/c1-8-2-3-12-11(4-8)16-13(15)17(12)6-10-5-9(14)7-18-10/h2-5,7H,6H2,1H3,(H2,15,16). The lowest BCUT2D eigenvalue weighted by molar-refractivity contribution is 0.852. The van der Waals surface area contributed by atoms with E-state index < -0.39 is 0 Å². The van der Waals surface area contributed by atoms with Gasteiger partial charge in [-0.1, -0.05) is 6.07 Å². The highest BCUT2D eigenvalue weighted by Crippen LogP contribution is 2.25. The summed E-state index contributed by atoms with van der Waals surface area (Å²) in [6, 6.07) is 8.34. The normalized spacial score (nSPS) is 11.2. The fourth-order valence-electron chi connectivity index (χ4n) is 2.02. The SMILES string of the molecule is Cc1ccc2c(c1)nc(N)n2Cc1cc(Br)cs1. The molecule has 3 rings (SSSR count). The van der Waals surface area contributed by atoms with Crippen LogP contribution < -0.4 is 5.73 Å². The largest absolute Gasteiger partial charge is 0.369 e. The third-order valence-corrected chi connectivity index (χ3v) is 4.55. The minimum atomic E-state index is 0.570. The molecule has 0 radical (unpaired) electrons. The molecule has 0 fully saturated rings. The molecule has 0 spiro atoms. The Kier molecular flexibility index (Phi) is 2.87. The molecule has 18 heavy (non-hydrogen) atoms. The molecule has 1 aromatic carbocycles. The van der Waals surface area contributed by atoms with E-state index in [0.717, 1.165) is 22.1 Å². The van der Waals surface area contributed by atoms with E-state index in [9.17, 15) is 0 Å². The zero-order valence-corrected chi connectivity index (χ0v) is 12.3. The zero-order valence-electron chi connectivity index (χ0n) is 9.85. The molecule has 0 saturated heterocycles. The van der Waals surface area contributed by atoms with E-state index in [1.54, 1.807) is 11.3 Å². The van der Waals surface area contributed by atoms with Crippen LogP contribution in [0.3, 0.4) is 0 Å². The fourth-order valence-corrected chi connectivity index (χ4v) is 3.46. The Bertz CT molecular complexity index is 714. The summed E-state index contributed by atoms with van der Waals surface area (Å²) in [6.45, 7) is 2.83. The first-order valence-electron chi connectivity index (χ1n) is 5.59. The van der Waals surface area contributed by atoms with Gasteiger partial charge >= 0.3 is 0 Å². The molecular formula is C13H12BrN3S. The predicted molar refractivity (Wildman–Crippen MR) is 80.0 cm³/mol. The summed E-state index contributed by atoms with van der Waals surface area (Å²) in [5.41, 5.74) is 9.25.